The van der Waals surface area contributed by atoms with Gasteiger partial charge in [0.1, 0.15) is 5.75 Å². The minimum atomic E-state index is -0.177. The van der Waals surface area contributed by atoms with Gasteiger partial charge in [-0.25, -0.2) is 0 Å². The minimum Gasteiger partial charge on any atom is -0.492 e. The number of amides is 1. The van der Waals surface area contributed by atoms with Gasteiger partial charge in [0.15, 0.2) is 0 Å². The molecule has 0 radical (unpaired) electrons. The smallest absolute Gasteiger partial charge is 0.251 e. The van der Waals surface area contributed by atoms with Gasteiger partial charge in [-0.1, -0.05) is 6.07 Å². The van der Waals surface area contributed by atoms with Crippen LogP contribution in [0.15, 0.2) is 42.7 Å². The molecule has 5 heteroatoms. The lowest BCUT2D eigenvalue weighted by atomic mass is 10.1. The molecule has 2 aromatic rings. The summed E-state index contributed by atoms with van der Waals surface area (Å²) >= 11 is 0. The number of nitrogen functional groups attached to an aromatic ring is 1. The van der Waals surface area contributed by atoms with Crippen LogP contribution in [0.5, 0.6) is 5.75 Å². The van der Waals surface area contributed by atoms with Gasteiger partial charge in [-0.2, -0.15) is 0 Å². The summed E-state index contributed by atoms with van der Waals surface area (Å²) in [5.41, 5.74) is 7.75. The lowest BCUT2D eigenvalue weighted by molar-refractivity contribution is 0.0951. The van der Waals surface area contributed by atoms with Crippen LogP contribution in [0.25, 0.3) is 0 Å². The summed E-state index contributed by atoms with van der Waals surface area (Å²) in [5, 5.41) is 2.82. The Morgan fingerprint density at radius 1 is 1.40 bits per heavy atom. The van der Waals surface area contributed by atoms with Crippen LogP contribution in [0.4, 0.5) is 5.69 Å². The van der Waals surface area contributed by atoms with Crippen molar-refractivity contribution >= 4 is 11.6 Å². The van der Waals surface area contributed by atoms with Gasteiger partial charge in [-0.3, -0.25) is 9.78 Å². The molecule has 0 aliphatic carbocycles. The Morgan fingerprint density at radius 3 is 2.90 bits per heavy atom. The lowest BCUT2D eigenvalue weighted by Gasteiger charge is -2.09. The Morgan fingerprint density at radius 2 is 2.25 bits per heavy atom. The Kier molecular flexibility index (Phi) is 4.55. The normalized spacial score (nSPS) is 10.1. The molecule has 3 N–H and O–H groups in total. The summed E-state index contributed by atoms with van der Waals surface area (Å²) in [5.74, 6) is 0.417. The molecule has 0 fully saturated rings. The van der Waals surface area contributed by atoms with Crippen molar-refractivity contribution in [3.05, 3.63) is 53.9 Å². The van der Waals surface area contributed by atoms with E-state index in [1.807, 2.05) is 19.1 Å². The predicted molar refractivity (Wildman–Crippen MR) is 77.4 cm³/mol. The zero-order valence-electron chi connectivity index (χ0n) is 11.3. The third kappa shape index (κ3) is 3.47. The van der Waals surface area contributed by atoms with Crippen LogP contribution in [-0.4, -0.2) is 17.5 Å². The van der Waals surface area contributed by atoms with Crippen LogP contribution in [0.1, 0.15) is 22.8 Å². The molecule has 20 heavy (non-hydrogen) atoms. The van der Waals surface area contributed by atoms with Gasteiger partial charge < -0.3 is 15.8 Å². The lowest BCUT2D eigenvalue weighted by Crippen LogP contribution is -2.23. The minimum absolute atomic E-state index is 0.177. The molecule has 0 atom stereocenters. The molecule has 0 bridgehead atoms. The van der Waals surface area contributed by atoms with Crippen molar-refractivity contribution in [1.82, 2.24) is 10.3 Å². The number of anilines is 1. The largest absolute Gasteiger partial charge is 0.492 e. The molecule has 2 rings (SSSR count). The number of rotatable bonds is 5. The quantitative estimate of drug-likeness (QED) is 0.815. The standard InChI is InChI=1S/C15H17N3O2/c1-2-20-14-6-5-12(8-13(14)16)15(19)18-10-11-4-3-7-17-9-11/h3-9H,2,10,16H2,1H3,(H,18,19). The van der Waals surface area contributed by atoms with Gasteiger partial charge in [-0.05, 0) is 36.8 Å². The van der Waals surface area contributed by atoms with Crippen LogP contribution in [0.3, 0.4) is 0 Å². The van der Waals surface area contributed by atoms with Crippen molar-refractivity contribution in [3.8, 4) is 5.75 Å². The third-order valence-corrected chi connectivity index (χ3v) is 2.75. The average molecular weight is 271 g/mol. The number of aromatic nitrogens is 1. The van der Waals surface area contributed by atoms with Crippen LogP contribution in [0.2, 0.25) is 0 Å². The maximum Gasteiger partial charge on any atom is 0.251 e. The van der Waals surface area contributed by atoms with Gasteiger partial charge in [0, 0.05) is 24.5 Å². The molecule has 0 unspecified atom stereocenters. The number of carbonyl (C=O) groups excluding carboxylic acids is 1. The second-order valence-corrected chi connectivity index (χ2v) is 4.23. The highest BCUT2D eigenvalue weighted by Gasteiger charge is 2.08. The highest BCUT2D eigenvalue weighted by atomic mass is 16.5. The Hall–Kier alpha value is -2.56. The molecule has 104 valence electrons. The van der Waals surface area contributed by atoms with E-state index in [0.29, 0.717) is 30.2 Å². The summed E-state index contributed by atoms with van der Waals surface area (Å²) in [6.07, 6.45) is 3.41. The number of hydrogen-bond acceptors (Lipinski definition) is 4. The second kappa shape index (κ2) is 6.56. The Balaban J connectivity index is 2.00. The molecule has 0 saturated carbocycles. The number of pyridine rings is 1. The zero-order valence-corrected chi connectivity index (χ0v) is 11.3. The fourth-order valence-electron chi connectivity index (χ4n) is 1.76. The number of benzene rings is 1. The Bertz CT molecular complexity index is 585. The predicted octanol–water partition coefficient (Wildman–Crippen LogP) is 1.99. The topological polar surface area (TPSA) is 77.2 Å². The Labute approximate surface area is 117 Å². The first kappa shape index (κ1) is 13.9. The zero-order chi connectivity index (χ0) is 14.4. The number of nitrogens with one attached hydrogen (secondary N) is 1. The van der Waals surface area contributed by atoms with Crippen molar-refractivity contribution in [2.45, 2.75) is 13.5 Å². The van der Waals surface area contributed by atoms with Gasteiger partial charge in [-0.15, -0.1) is 0 Å². The number of nitrogens with two attached hydrogens (primary N) is 1. The van der Waals surface area contributed by atoms with Crippen molar-refractivity contribution in [3.63, 3.8) is 0 Å². The molecular formula is C15H17N3O2. The molecule has 1 aromatic heterocycles. The van der Waals surface area contributed by atoms with E-state index in [-0.39, 0.29) is 5.91 Å². The molecule has 0 aliphatic heterocycles. The van der Waals surface area contributed by atoms with Gasteiger partial charge in [0.25, 0.3) is 5.91 Å². The van der Waals surface area contributed by atoms with Crippen molar-refractivity contribution in [1.29, 1.82) is 0 Å². The maximum atomic E-state index is 12.0. The molecule has 1 amide bonds. The first-order valence-corrected chi connectivity index (χ1v) is 6.40. The number of nitrogens with zero attached hydrogens (tertiary/aromatic N) is 1. The van der Waals surface area contributed by atoms with Crippen LogP contribution >= 0.6 is 0 Å². The fourth-order valence-corrected chi connectivity index (χ4v) is 1.76. The molecule has 5 nitrogen and oxygen atoms in total. The third-order valence-electron chi connectivity index (χ3n) is 2.75. The first-order valence-electron chi connectivity index (χ1n) is 6.40. The van der Waals surface area contributed by atoms with E-state index in [4.69, 9.17) is 10.5 Å². The number of hydrogen-bond donors (Lipinski definition) is 2. The van der Waals surface area contributed by atoms with E-state index in [0.717, 1.165) is 5.56 Å². The molecule has 0 spiro atoms. The first-order chi connectivity index (χ1) is 9.70. The summed E-state index contributed by atoms with van der Waals surface area (Å²) < 4.78 is 5.34. The summed E-state index contributed by atoms with van der Waals surface area (Å²) in [6, 6.07) is 8.75. The SMILES string of the molecule is CCOc1ccc(C(=O)NCc2cccnc2)cc1N. The monoisotopic (exact) mass is 271 g/mol. The van der Waals surface area contributed by atoms with Crippen molar-refractivity contribution < 1.29 is 9.53 Å². The second-order valence-electron chi connectivity index (χ2n) is 4.23. The molecule has 1 aromatic carbocycles. The number of carbonyl (C=O) groups is 1. The van der Waals surface area contributed by atoms with Crippen LogP contribution < -0.4 is 15.8 Å². The maximum absolute atomic E-state index is 12.0. The molecule has 0 aliphatic rings. The van der Waals surface area contributed by atoms with Gasteiger partial charge >= 0.3 is 0 Å². The van der Waals surface area contributed by atoms with E-state index in [2.05, 4.69) is 10.3 Å². The van der Waals surface area contributed by atoms with Crippen molar-refractivity contribution in [2.24, 2.45) is 0 Å². The van der Waals surface area contributed by atoms with E-state index in [1.165, 1.54) is 0 Å². The highest BCUT2D eigenvalue weighted by molar-refractivity contribution is 5.95. The van der Waals surface area contributed by atoms with E-state index in [1.54, 1.807) is 30.6 Å². The highest BCUT2D eigenvalue weighted by Crippen LogP contribution is 2.22. The van der Waals surface area contributed by atoms with Gasteiger partial charge in [0.05, 0.1) is 12.3 Å². The molecular weight excluding hydrogens is 254 g/mol. The van der Waals surface area contributed by atoms with Crippen molar-refractivity contribution in [2.75, 3.05) is 12.3 Å². The summed E-state index contributed by atoms with van der Waals surface area (Å²) in [4.78, 5) is 16.0. The van der Waals surface area contributed by atoms with Crippen LogP contribution in [0, 0.1) is 0 Å². The average Bonchev–Trinajstić information content (AvgIpc) is 2.48. The van der Waals surface area contributed by atoms with E-state index < -0.39 is 0 Å². The van der Waals surface area contributed by atoms with Crippen LogP contribution in [-0.2, 0) is 6.54 Å². The molecule has 0 saturated heterocycles. The van der Waals surface area contributed by atoms with E-state index in [9.17, 15) is 4.79 Å². The fraction of sp³-hybridized carbons (Fsp3) is 0.200. The van der Waals surface area contributed by atoms with Gasteiger partial charge in [0.2, 0.25) is 0 Å². The number of ether oxygens (including phenoxy) is 1. The summed E-state index contributed by atoms with van der Waals surface area (Å²) in [6.45, 7) is 2.85. The molecule has 1 heterocycles. The van der Waals surface area contributed by atoms with E-state index >= 15 is 0 Å². The summed E-state index contributed by atoms with van der Waals surface area (Å²) in [7, 11) is 0.